The molecule has 2 rings (SSSR count). The summed E-state index contributed by atoms with van der Waals surface area (Å²) < 4.78 is 2.61. The van der Waals surface area contributed by atoms with Crippen LogP contribution in [0, 0.1) is 0 Å². The van der Waals surface area contributed by atoms with Gasteiger partial charge in [0.05, 0.1) is 0 Å². The molecule has 0 atom stereocenters. The average Bonchev–Trinajstić information content (AvgIpc) is 2.60. The van der Waals surface area contributed by atoms with Crippen LogP contribution >= 0.6 is 0 Å². The Balaban J connectivity index is 0.000000720. The number of rotatable bonds is 2. The maximum atomic E-state index is 1.63. The topological polar surface area (TPSA) is 0 Å². The van der Waals surface area contributed by atoms with Crippen LogP contribution in [0.5, 0.6) is 0 Å². The third kappa shape index (κ3) is 4.61. The maximum absolute atomic E-state index is 1.63. The molecule has 2 aliphatic carbocycles. The molecule has 0 spiro atoms. The van der Waals surface area contributed by atoms with Gasteiger partial charge in [-0.3, -0.25) is 0 Å². The zero-order chi connectivity index (χ0) is 7.52. The van der Waals surface area contributed by atoms with Crippen LogP contribution in [-0.4, -0.2) is 21.1 Å². The predicted molar refractivity (Wildman–Crippen MR) is 50.2 cm³/mol. The molecule has 0 amide bonds. The predicted octanol–water partition coefficient (Wildman–Crippen LogP) is -2.58. The van der Waals surface area contributed by atoms with E-state index in [1.165, 1.54) is 7.87 Å². The molecule has 0 aromatic rings. The number of hydrogen-bond acceptors (Lipinski definition) is 0. The van der Waals surface area contributed by atoms with Crippen LogP contribution in [-0.2, 0) is 0 Å². The third-order valence-corrected chi connectivity index (χ3v) is 9.17. The van der Waals surface area contributed by atoms with Crippen molar-refractivity contribution in [2.45, 2.75) is 59.2 Å². The van der Waals surface area contributed by atoms with Gasteiger partial charge in [-0.25, -0.2) is 0 Å². The van der Waals surface area contributed by atoms with Gasteiger partial charge in [0.1, 0.15) is 0 Å². The van der Waals surface area contributed by atoms with E-state index in [1.807, 2.05) is 0 Å². The Hall–Kier alpha value is 1.38. The van der Waals surface area contributed by atoms with Crippen molar-refractivity contribution in [1.82, 2.24) is 0 Å². The van der Waals surface area contributed by atoms with Gasteiger partial charge in [-0.1, -0.05) is 0 Å². The maximum Gasteiger partial charge on any atom is -1.00 e. The van der Waals surface area contributed by atoms with Crippen LogP contribution in [0.1, 0.15) is 51.4 Å². The van der Waals surface area contributed by atoms with Crippen molar-refractivity contribution in [3.05, 3.63) is 0 Å². The molecule has 76 valence electrons. The van der Waals surface area contributed by atoms with E-state index in [1.54, 1.807) is 51.4 Å². The summed E-state index contributed by atoms with van der Waals surface area (Å²) in [4.78, 5) is 0. The monoisotopic (exact) mass is 328 g/mol. The van der Waals surface area contributed by atoms with Crippen molar-refractivity contribution < 1.29 is 24.8 Å². The second-order valence-electron chi connectivity index (χ2n) is 4.13. The Morgan fingerprint density at radius 2 is 0.923 bits per heavy atom. The number of halogens is 2. The average molecular weight is 328 g/mol. The van der Waals surface area contributed by atoms with Crippen LogP contribution in [0.4, 0.5) is 0 Å². The molecule has 0 heterocycles. The molecular weight excluding hydrogens is 310 g/mol. The Morgan fingerprint density at radius 1 is 0.615 bits per heavy atom. The largest absolute Gasteiger partial charge is 1.00 e. The van der Waals surface area contributed by atoms with E-state index in [0.29, 0.717) is 0 Å². The minimum Gasteiger partial charge on any atom is -1.00 e. The first kappa shape index (κ1) is 14.4. The van der Waals surface area contributed by atoms with E-state index < -0.39 is 0 Å². The molecule has 0 radical (unpaired) electrons. The molecule has 2 saturated carbocycles. The van der Waals surface area contributed by atoms with E-state index in [4.69, 9.17) is 0 Å². The Morgan fingerprint density at radius 3 is 1.23 bits per heavy atom. The fraction of sp³-hybridized carbons (Fsp3) is 1.00. The summed E-state index contributed by atoms with van der Waals surface area (Å²) in [6.07, 6.45) is 12.8. The van der Waals surface area contributed by atoms with Crippen molar-refractivity contribution in [1.29, 1.82) is 0 Å². The van der Waals surface area contributed by atoms with Gasteiger partial charge < -0.3 is 24.8 Å². The van der Waals surface area contributed by atoms with E-state index >= 15 is 0 Å². The smallest absolute Gasteiger partial charge is 1.00 e. The van der Waals surface area contributed by atoms with Crippen molar-refractivity contribution >= 4 is 21.1 Å². The summed E-state index contributed by atoms with van der Waals surface area (Å²) in [5.41, 5.74) is 0. The molecule has 0 aliphatic heterocycles. The fourth-order valence-electron chi connectivity index (χ4n) is 2.52. The van der Waals surface area contributed by atoms with Gasteiger partial charge in [0.15, 0.2) is 0 Å². The Kier molecular flexibility index (Phi) is 8.45. The van der Waals surface area contributed by atoms with Gasteiger partial charge in [-0.2, -0.15) is 0 Å². The molecule has 3 heteroatoms. The molecular formula is C10H18Cl2Sn. The van der Waals surface area contributed by atoms with Crippen molar-refractivity contribution in [2.24, 2.45) is 0 Å². The Labute approximate surface area is 105 Å². The van der Waals surface area contributed by atoms with E-state index in [-0.39, 0.29) is 46.0 Å². The fourth-order valence-corrected chi connectivity index (χ4v) is 8.65. The van der Waals surface area contributed by atoms with Crippen LogP contribution in [0.3, 0.4) is 0 Å². The van der Waals surface area contributed by atoms with E-state index in [9.17, 15) is 0 Å². The van der Waals surface area contributed by atoms with Gasteiger partial charge in [-0.15, -0.1) is 0 Å². The van der Waals surface area contributed by atoms with E-state index in [0.717, 1.165) is 0 Å². The molecule has 2 fully saturated rings. The summed E-state index contributed by atoms with van der Waals surface area (Å²) in [5.74, 6) is 0. The normalized spacial score (nSPS) is 23.4. The minimum atomic E-state index is 0. The molecule has 0 aromatic heterocycles. The quantitative estimate of drug-likeness (QED) is 0.489. The van der Waals surface area contributed by atoms with Crippen LogP contribution in [0.25, 0.3) is 0 Å². The molecule has 0 nitrogen and oxygen atoms in total. The standard InChI is InChI=1S/2C5H9.2ClH.Sn/c2*1-2-4-5-3-1;;;/h2*1H,2-5H2;2*1H;/q;;;;+2/p-2. The van der Waals surface area contributed by atoms with Gasteiger partial charge >= 0.3 is 80.4 Å². The zero-order valence-electron chi connectivity index (χ0n) is 8.07. The summed E-state index contributed by atoms with van der Waals surface area (Å²) in [7, 11) is 0. The molecule has 0 unspecified atom stereocenters. The van der Waals surface area contributed by atoms with Crippen LogP contribution < -0.4 is 24.8 Å². The summed E-state index contributed by atoms with van der Waals surface area (Å²) in [6, 6.07) is 0. The van der Waals surface area contributed by atoms with Crippen molar-refractivity contribution in [3.8, 4) is 0 Å². The molecule has 0 N–H and O–H groups in total. The molecule has 2 aliphatic rings. The first-order valence-electron chi connectivity index (χ1n) is 5.21. The van der Waals surface area contributed by atoms with Gasteiger partial charge in [0.2, 0.25) is 0 Å². The SMILES string of the molecule is C1CC[CH]([Sn+2][CH]2CCCC2)C1.[Cl-].[Cl-]. The molecule has 0 aromatic carbocycles. The van der Waals surface area contributed by atoms with Crippen LogP contribution in [0.2, 0.25) is 7.87 Å². The van der Waals surface area contributed by atoms with Gasteiger partial charge in [0, 0.05) is 0 Å². The first-order valence-corrected chi connectivity index (χ1v) is 8.51. The second-order valence-corrected chi connectivity index (χ2v) is 9.74. The van der Waals surface area contributed by atoms with E-state index in [2.05, 4.69) is 0 Å². The molecule has 13 heavy (non-hydrogen) atoms. The van der Waals surface area contributed by atoms with Crippen LogP contribution in [0.15, 0.2) is 0 Å². The molecule has 0 saturated heterocycles. The molecule has 0 bridgehead atoms. The summed E-state index contributed by atoms with van der Waals surface area (Å²) >= 11 is 0.0911. The summed E-state index contributed by atoms with van der Waals surface area (Å²) in [6.45, 7) is 0. The summed E-state index contributed by atoms with van der Waals surface area (Å²) in [5, 5.41) is 0. The zero-order valence-corrected chi connectivity index (χ0v) is 12.4. The van der Waals surface area contributed by atoms with Gasteiger partial charge in [-0.05, 0) is 0 Å². The first-order chi connectivity index (χ1) is 5.45. The van der Waals surface area contributed by atoms with Gasteiger partial charge in [0.25, 0.3) is 0 Å². The van der Waals surface area contributed by atoms with Crippen molar-refractivity contribution in [2.75, 3.05) is 0 Å². The third-order valence-electron chi connectivity index (χ3n) is 3.18. The Bertz CT molecular complexity index is 104. The number of hydrogen-bond donors (Lipinski definition) is 0. The minimum absolute atomic E-state index is 0. The second kappa shape index (κ2) is 7.64. The van der Waals surface area contributed by atoms with Crippen molar-refractivity contribution in [3.63, 3.8) is 0 Å².